The van der Waals surface area contributed by atoms with Crippen molar-refractivity contribution in [2.75, 3.05) is 25.1 Å². The maximum Gasteiger partial charge on any atom is 0.341 e. The molecule has 1 N–H and O–H groups in total. The molecule has 3 fully saturated rings. The van der Waals surface area contributed by atoms with E-state index in [2.05, 4.69) is 19.2 Å². The average Bonchev–Trinajstić information content (AvgIpc) is 3.29. The van der Waals surface area contributed by atoms with Crippen LogP contribution in [0.15, 0.2) is 0 Å². The minimum absolute atomic E-state index is 0.0663. The normalized spacial score (nSPS) is 37.8. The summed E-state index contributed by atoms with van der Waals surface area (Å²) in [4.78, 5) is 27.2. The van der Waals surface area contributed by atoms with Crippen LogP contribution in [0.2, 0.25) is 0 Å². The summed E-state index contributed by atoms with van der Waals surface area (Å²) in [6, 6.07) is 0. The lowest BCUT2D eigenvalue weighted by atomic mass is 9.66. The number of nitrogens with one attached hydrogen (secondary N) is 1. The molecule has 7 heteroatoms. The van der Waals surface area contributed by atoms with E-state index in [9.17, 15) is 9.59 Å². The molecule has 4 bridgehead atoms. The van der Waals surface area contributed by atoms with Crippen LogP contribution in [0.4, 0.5) is 5.00 Å². The van der Waals surface area contributed by atoms with Gasteiger partial charge < -0.3 is 19.5 Å². The maximum absolute atomic E-state index is 13.6. The van der Waals surface area contributed by atoms with Crippen molar-refractivity contribution in [3.8, 4) is 0 Å². The quantitative estimate of drug-likeness (QED) is 0.776. The Hall–Kier alpha value is -1.44. The van der Waals surface area contributed by atoms with Crippen molar-refractivity contribution in [3.05, 3.63) is 16.0 Å². The number of esters is 1. The second kappa shape index (κ2) is 6.03. The minimum Gasteiger partial charge on any atom is -0.462 e. The lowest BCUT2D eigenvalue weighted by Crippen LogP contribution is -2.52. The molecule has 0 unspecified atom stereocenters. The number of amides is 1. The fourth-order valence-corrected chi connectivity index (χ4v) is 7.37. The van der Waals surface area contributed by atoms with Gasteiger partial charge in [-0.2, -0.15) is 0 Å². The van der Waals surface area contributed by atoms with E-state index in [4.69, 9.17) is 14.2 Å². The molecule has 2 saturated carbocycles. The number of hydrogen-bond acceptors (Lipinski definition) is 6. The zero-order valence-corrected chi connectivity index (χ0v) is 17.5. The van der Waals surface area contributed by atoms with E-state index >= 15 is 0 Å². The van der Waals surface area contributed by atoms with Crippen LogP contribution in [-0.4, -0.2) is 37.3 Å². The third-order valence-corrected chi connectivity index (χ3v) is 9.21. The number of carbonyl (C=O) groups excluding carboxylic acids is 2. The predicted molar refractivity (Wildman–Crippen MR) is 105 cm³/mol. The Morgan fingerprint density at radius 2 is 2.18 bits per heavy atom. The van der Waals surface area contributed by atoms with E-state index in [1.165, 1.54) is 17.8 Å². The predicted octanol–water partition coefficient (Wildman–Crippen LogP) is 3.53. The summed E-state index contributed by atoms with van der Waals surface area (Å²) in [6.45, 7) is 8.28. The Morgan fingerprint density at radius 3 is 2.89 bits per heavy atom. The minimum atomic E-state index is -0.794. The highest BCUT2D eigenvalue weighted by Gasteiger charge is 2.78. The molecular weight excluding hydrogens is 378 g/mol. The van der Waals surface area contributed by atoms with Gasteiger partial charge in [0, 0.05) is 15.7 Å². The Morgan fingerprint density at radius 1 is 1.36 bits per heavy atom. The van der Waals surface area contributed by atoms with Crippen LogP contribution in [0, 0.1) is 16.7 Å². The lowest BCUT2D eigenvalue weighted by Gasteiger charge is -2.39. The topological polar surface area (TPSA) is 73.9 Å². The van der Waals surface area contributed by atoms with Gasteiger partial charge in [-0.25, -0.2) is 4.79 Å². The van der Waals surface area contributed by atoms with Gasteiger partial charge in [0.1, 0.15) is 5.00 Å². The Kier molecular flexibility index (Phi) is 4.00. The van der Waals surface area contributed by atoms with Gasteiger partial charge in [-0.3, -0.25) is 4.79 Å². The van der Waals surface area contributed by atoms with E-state index in [0.29, 0.717) is 49.3 Å². The van der Waals surface area contributed by atoms with Gasteiger partial charge in [-0.15, -0.1) is 11.3 Å². The van der Waals surface area contributed by atoms with Crippen molar-refractivity contribution in [2.45, 2.75) is 58.7 Å². The van der Waals surface area contributed by atoms with Gasteiger partial charge in [-0.05, 0) is 44.1 Å². The average molecular weight is 406 g/mol. The van der Waals surface area contributed by atoms with Crippen LogP contribution in [0.1, 0.15) is 60.8 Å². The molecule has 1 saturated heterocycles. The second-order valence-corrected chi connectivity index (χ2v) is 10.1. The summed E-state index contributed by atoms with van der Waals surface area (Å²) in [6.07, 6.45) is 3.62. The number of carbonyl (C=O) groups is 2. The zero-order chi connectivity index (χ0) is 19.7. The molecule has 1 aromatic rings. The number of anilines is 1. The van der Waals surface area contributed by atoms with E-state index < -0.39 is 5.60 Å². The van der Waals surface area contributed by atoms with Gasteiger partial charge in [0.05, 0.1) is 32.0 Å². The molecule has 6 nitrogen and oxygen atoms in total. The first kappa shape index (κ1) is 18.6. The van der Waals surface area contributed by atoms with Gasteiger partial charge in [0.25, 0.3) is 5.91 Å². The number of fused-ring (bicyclic) bond motifs is 1. The van der Waals surface area contributed by atoms with Gasteiger partial charge in [0.2, 0.25) is 0 Å². The molecule has 152 valence electrons. The Labute approximate surface area is 168 Å². The molecule has 4 atom stereocenters. The zero-order valence-electron chi connectivity index (χ0n) is 16.7. The smallest absolute Gasteiger partial charge is 0.341 e. The maximum atomic E-state index is 13.6. The van der Waals surface area contributed by atoms with E-state index in [-0.39, 0.29) is 22.7 Å². The Bertz CT molecular complexity index is 865. The molecule has 0 spiro atoms. The first-order chi connectivity index (χ1) is 13.4. The summed E-state index contributed by atoms with van der Waals surface area (Å²) in [5.41, 5.74) is 0.579. The van der Waals surface area contributed by atoms with Crippen molar-refractivity contribution in [1.29, 1.82) is 0 Å². The second-order valence-electron chi connectivity index (χ2n) is 8.99. The molecule has 5 rings (SSSR count). The van der Waals surface area contributed by atoms with Crippen LogP contribution in [0.5, 0.6) is 0 Å². The molecule has 1 amide bonds. The number of rotatable bonds is 4. The summed E-state index contributed by atoms with van der Waals surface area (Å²) in [5.74, 6) is 0.0588. The monoisotopic (exact) mass is 405 g/mol. The van der Waals surface area contributed by atoms with Gasteiger partial charge in [0.15, 0.2) is 5.60 Å². The summed E-state index contributed by atoms with van der Waals surface area (Å²) < 4.78 is 17.1. The molecule has 3 heterocycles. The third-order valence-electron chi connectivity index (χ3n) is 8.09. The molecule has 2 aliphatic heterocycles. The fourth-order valence-electron chi connectivity index (χ4n) is 6.20. The van der Waals surface area contributed by atoms with E-state index in [1.807, 2.05) is 0 Å². The van der Waals surface area contributed by atoms with E-state index in [1.54, 1.807) is 6.92 Å². The van der Waals surface area contributed by atoms with Gasteiger partial charge in [-0.1, -0.05) is 13.8 Å². The SMILES string of the molecule is CCOC(=O)c1c(NC(=O)[C@@]23C[C@H]4CC[C@]2(C)[C@@]4(C)CO3)sc2c1CCOC2. The first-order valence-electron chi connectivity index (χ1n) is 10.2. The highest BCUT2D eigenvalue weighted by molar-refractivity contribution is 7.17. The number of ether oxygens (including phenoxy) is 3. The van der Waals surface area contributed by atoms with Crippen molar-refractivity contribution in [3.63, 3.8) is 0 Å². The van der Waals surface area contributed by atoms with Crippen molar-refractivity contribution >= 4 is 28.2 Å². The fraction of sp³-hybridized carbons (Fsp3) is 0.714. The van der Waals surface area contributed by atoms with Gasteiger partial charge >= 0.3 is 5.97 Å². The molecule has 2 aliphatic carbocycles. The summed E-state index contributed by atoms with van der Waals surface area (Å²) in [5, 5.41) is 3.67. The third kappa shape index (κ3) is 2.10. The van der Waals surface area contributed by atoms with Crippen LogP contribution in [0.3, 0.4) is 0 Å². The first-order valence-corrected chi connectivity index (χ1v) is 11.0. The van der Waals surface area contributed by atoms with E-state index in [0.717, 1.165) is 23.3 Å². The molecular formula is C21H27NO5S. The lowest BCUT2D eigenvalue weighted by molar-refractivity contribution is -0.149. The number of hydrogen-bond donors (Lipinski definition) is 1. The molecule has 4 aliphatic rings. The van der Waals surface area contributed by atoms with Crippen molar-refractivity contribution in [1.82, 2.24) is 0 Å². The van der Waals surface area contributed by atoms with Crippen molar-refractivity contribution in [2.24, 2.45) is 16.7 Å². The largest absolute Gasteiger partial charge is 0.462 e. The Balaban J connectivity index is 1.50. The van der Waals surface area contributed by atoms with Crippen LogP contribution in [-0.2, 0) is 32.0 Å². The molecule has 0 radical (unpaired) electrons. The van der Waals surface area contributed by atoms with Crippen molar-refractivity contribution < 1.29 is 23.8 Å². The molecule has 1 aromatic heterocycles. The highest BCUT2D eigenvalue weighted by Crippen LogP contribution is 2.75. The highest BCUT2D eigenvalue weighted by atomic mass is 32.1. The summed E-state index contributed by atoms with van der Waals surface area (Å²) in [7, 11) is 0. The summed E-state index contributed by atoms with van der Waals surface area (Å²) >= 11 is 1.43. The standard InChI is InChI=1S/C21H27NO5S/c1-4-26-17(23)15-13-6-8-25-10-14(13)28-16(15)22-18(24)21-9-12-5-7-20(21,3)19(12,2)11-27-21/h12H,4-11H2,1-3H3,(H,22,24)/t12-,19+,20-,21+/m1/s1. The molecule has 0 aromatic carbocycles. The van der Waals surface area contributed by atoms with Crippen LogP contribution in [0.25, 0.3) is 0 Å². The van der Waals surface area contributed by atoms with Crippen LogP contribution >= 0.6 is 11.3 Å². The van der Waals surface area contributed by atoms with Crippen LogP contribution < -0.4 is 5.32 Å². The number of thiophene rings is 1. The molecule has 28 heavy (non-hydrogen) atoms.